The fraction of sp³-hybridized carbons (Fsp3) is 0.346. The molecule has 9 nitrogen and oxygen atoms in total. The van der Waals surface area contributed by atoms with Crippen LogP contribution in [0.25, 0.3) is 10.8 Å². The van der Waals surface area contributed by atoms with Crippen LogP contribution >= 0.6 is 11.6 Å². The lowest BCUT2D eigenvalue weighted by atomic mass is 9.90. The Kier molecular flexibility index (Phi) is 7.11. The number of hydrogen-bond acceptors (Lipinski definition) is 8. The molecule has 1 saturated heterocycles. The molecule has 186 valence electrons. The van der Waals surface area contributed by atoms with Gasteiger partial charge in [0, 0.05) is 17.1 Å². The third-order valence-corrected chi connectivity index (χ3v) is 7.24. The number of nitrogens with two attached hydrogens (primary N) is 1. The molecule has 3 aromatic heterocycles. The van der Waals surface area contributed by atoms with Crippen molar-refractivity contribution in [2.45, 2.75) is 32.7 Å². The van der Waals surface area contributed by atoms with Gasteiger partial charge in [-0.05, 0) is 62.3 Å². The van der Waals surface area contributed by atoms with E-state index in [1.807, 2.05) is 12.1 Å². The number of hydrogen-bond donors (Lipinski definition) is 4. The predicted octanol–water partition coefficient (Wildman–Crippen LogP) is 4.29. The fourth-order valence-corrected chi connectivity index (χ4v) is 5.20. The van der Waals surface area contributed by atoms with Gasteiger partial charge < -0.3 is 16.0 Å². The van der Waals surface area contributed by atoms with Crippen molar-refractivity contribution in [2.24, 2.45) is 5.92 Å². The van der Waals surface area contributed by atoms with Crippen LogP contribution in [0.4, 0.5) is 11.6 Å². The molecule has 0 bridgehead atoms. The van der Waals surface area contributed by atoms with Crippen molar-refractivity contribution in [1.29, 1.82) is 5.41 Å². The third-order valence-electron chi connectivity index (χ3n) is 6.92. The molecule has 0 spiro atoms. The second-order valence-electron chi connectivity index (χ2n) is 9.18. The van der Waals surface area contributed by atoms with E-state index in [0.717, 1.165) is 53.2 Å². The van der Waals surface area contributed by atoms with Crippen molar-refractivity contribution in [3.8, 4) is 0 Å². The van der Waals surface area contributed by atoms with Crippen molar-refractivity contribution >= 4 is 39.7 Å². The van der Waals surface area contributed by atoms with E-state index in [-0.39, 0.29) is 11.5 Å². The lowest BCUT2D eigenvalue weighted by Crippen LogP contribution is -2.34. The minimum atomic E-state index is 0.196. The van der Waals surface area contributed by atoms with Crippen LogP contribution < -0.4 is 11.1 Å². The highest BCUT2D eigenvalue weighted by Gasteiger charge is 2.21. The molecule has 10 heteroatoms. The van der Waals surface area contributed by atoms with E-state index in [1.54, 1.807) is 12.4 Å². The first kappa shape index (κ1) is 24.1. The first-order valence-corrected chi connectivity index (χ1v) is 12.6. The topological polar surface area (TPSA) is 132 Å². The molecule has 1 aliphatic rings. The summed E-state index contributed by atoms with van der Waals surface area (Å²) in [5.74, 6) is 1.30. The number of pyridine rings is 1. The van der Waals surface area contributed by atoms with Crippen LogP contribution in [0.1, 0.15) is 42.3 Å². The summed E-state index contributed by atoms with van der Waals surface area (Å²) in [7, 11) is 0. The number of nitrogen functional groups attached to an aromatic ring is 1. The number of H-pyrrole nitrogens is 1. The van der Waals surface area contributed by atoms with Crippen molar-refractivity contribution in [2.75, 3.05) is 30.7 Å². The lowest BCUT2D eigenvalue weighted by molar-refractivity contribution is 0.192. The smallest absolute Gasteiger partial charge is 0.141 e. The molecule has 0 aliphatic carbocycles. The van der Waals surface area contributed by atoms with E-state index in [4.69, 9.17) is 27.7 Å². The molecule has 0 unspecified atom stereocenters. The Morgan fingerprint density at radius 3 is 2.86 bits per heavy atom. The van der Waals surface area contributed by atoms with E-state index < -0.39 is 0 Å². The number of halogens is 1. The number of aromatic amines is 1. The molecule has 36 heavy (non-hydrogen) atoms. The number of nitrogens with one attached hydrogen (secondary N) is 3. The lowest BCUT2D eigenvalue weighted by Gasteiger charge is -2.31. The Hall–Kier alpha value is -3.56. The van der Waals surface area contributed by atoms with Crippen molar-refractivity contribution in [1.82, 2.24) is 30.0 Å². The Balaban J connectivity index is 1.42. The Labute approximate surface area is 215 Å². The standard InChI is InChI=1S/C26H30ClN9/c1-2-36-8-6-16(7-9-36)10-21-22-17(4-3-5-20(22)27)11-19(35-21)14-30-26-23(25(29)31-15-32-26)24(28)18-12-33-34-13-18/h3-5,11-13,15-16,28H,2,6-10,14H2,1H3,(H,33,34)(H3,29,30,31,32). The molecule has 0 amide bonds. The Morgan fingerprint density at radius 2 is 2.11 bits per heavy atom. The second kappa shape index (κ2) is 10.6. The van der Waals surface area contributed by atoms with Gasteiger partial charge in [0.05, 0.1) is 40.4 Å². The van der Waals surface area contributed by atoms with Crippen LogP contribution in [0.15, 0.2) is 43.0 Å². The highest BCUT2D eigenvalue weighted by atomic mass is 35.5. The maximum atomic E-state index is 8.60. The number of fused-ring (bicyclic) bond motifs is 1. The predicted molar refractivity (Wildman–Crippen MR) is 144 cm³/mol. The molecular formula is C26H30ClN9. The SMILES string of the molecule is CCN1CCC(Cc2nc(CNc3ncnc(N)c3C(=N)c3cn[nH]c3)cc3cccc(Cl)c23)CC1. The summed E-state index contributed by atoms with van der Waals surface area (Å²) in [6.45, 7) is 6.02. The molecule has 0 atom stereocenters. The fourth-order valence-electron chi connectivity index (χ4n) is 4.91. The maximum absolute atomic E-state index is 8.60. The summed E-state index contributed by atoms with van der Waals surface area (Å²) in [5, 5.41) is 21.4. The quantitative estimate of drug-likeness (QED) is 0.264. The highest BCUT2D eigenvalue weighted by molar-refractivity contribution is 6.35. The highest BCUT2D eigenvalue weighted by Crippen LogP contribution is 2.31. The molecule has 5 rings (SSSR count). The van der Waals surface area contributed by atoms with Crippen LogP contribution in [-0.2, 0) is 13.0 Å². The number of piperidine rings is 1. The van der Waals surface area contributed by atoms with Gasteiger partial charge in [0.1, 0.15) is 18.0 Å². The van der Waals surface area contributed by atoms with Crippen LogP contribution in [0.3, 0.4) is 0 Å². The molecule has 4 aromatic rings. The van der Waals surface area contributed by atoms with Gasteiger partial charge in [-0.25, -0.2) is 9.97 Å². The summed E-state index contributed by atoms with van der Waals surface area (Å²) in [5.41, 5.74) is 9.30. The van der Waals surface area contributed by atoms with Crippen LogP contribution in [0.5, 0.6) is 0 Å². The average Bonchev–Trinajstić information content (AvgIpc) is 3.43. The van der Waals surface area contributed by atoms with Gasteiger partial charge in [-0.1, -0.05) is 30.7 Å². The molecule has 0 radical (unpaired) electrons. The van der Waals surface area contributed by atoms with Crippen molar-refractivity contribution in [3.63, 3.8) is 0 Å². The minimum Gasteiger partial charge on any atom is -0.383 e. The normalized spacial score (nSPS) is 14.8. The summed E-state index contributed by atoms with van der Waals surface area (Å²) in [6.07, 6.45) is 7.86. The van der Waals surface area contributed by atoms with Crippen molar-refractivity contribution < 1.29 is 0 Å². The molecule has 5 N–H and O–H groups in total. The third kappa shape index (κ3) is 5.03. The van der Waals surface area contributed by atoms with Crippen LogP contribution in [0.2, 0.25) is 5.02 Å². The zero-order valence-corrected chi connectivity index (χ0v) is 21.0. The van der Waals surface area contributed by atoms with Gasteiger partial charge in [0.25, 0.3) is 0 Å². The summed E-state index contributed by atoms with van der Waals surface area (Å²) in [4.78, 5) is 16.0. The van der Waals surface area contributed by atoms with E-state index in [1.165, 1.54) is 19.2 Å². The first-order valence-electron chi connectivity index (χ1n) is 12.2. The van der Waals surface area contributed by atoms with E-state index in [2.05, 4.69) is 49.4 Å². The van der Waals surface area contributed by atoms with E-state index in [9.17, 15) is 0 Å². The summed E-state index contributed by atoms with van der Waals surface area (Å²) in [6, 6.07) is 8.05. The molecule has 0 saturated carbocycles. The molecule has 1 fully saturated rings. The minimum absolute atomic E-state index is 0.196. The molecule has 1 aliphatic heterocycles. The first-order chi connectivity index (χ1) is 17.5. The Bertz CT molecular complexity index is 1360. The van der Waals surface area contributed by atoms with E-state index in [0.29, 0.717) is 29.4 Å². The summed E-state index contributed by atoms with van der Waals surface area (Å²) < 4.78 is 0. The van der Waals surface area contributed by atoms with Crippen LogP contribution in [-0.4, -0.2) is 55.4 Å². The van der Waals surface area contributed by atoms with Crippen LogP contribution in [0, 0.1) is 11.3 Å². The van der Waals surface area contributed by atoms with Gasteiger partial charge in [-0.15, -0.1) is 0 Å². The van der Waals surface area contributed by atoms with Gasteiger partial charge in [-0.2, -0.15) is 5.10 Å². The summed E-state index contributed by atoms with van der Waals surface area (Å²) >= 11 is 6.65. The number of anilines is 2. The number of nitrogens with zero attached hydrogens (tertiary/aromatic N) is 5. The molecular weight excluding hydrogens is 474 g/mol. The number of benzene rings is 1. The van der Waals surface area contributed by atoms with E-state index >= 15 is 0 Å². The average molecular weight is 504 g/mol. The van der Waals surface area contributed by atoms with Gasteiger partial charge in [-0.3, -0.25) is 15.5 Å². The number of likely N-dealkylation sites (tertiary alicyclic amines) is 1. The van der Waals surface area contributed by atoms with Gasteiger partial charge >= 0.3 is 0 Å². The maximum Gasteiger partial charge on any atom is 0.141 e. The molecule has 4 heterocycles. The van der Waals surface area contributed by atoms with Gasteiger partial charge in [0.15, 0.2) is 0 Å². The second-order valence-corrected chi connectivity index (χ2v) is 9.59. The zero-order valence-electron chi connectivity index (χ0n) is 20.3. The largest absolute Gasteiger partial charge is 0.383 e. The monoisotopic (exact) mass is 503 g/mol. The van der Waals surface area contributed by atoms with Crippen molar-refractivity contribution in [3.05, 3.63) is 70.5 Å². The number of aromatic nitrogens is 5. The molecule has 1 aromatic carbocycles. The number of rotatable bonds is 8. The van der Waals surface area contributed by atoms with Gasteiger partial charge in [0.2, 0.25) is 0 Å². The zero-order chi connectivity index (χ0) is 25.1. The Morgan fingerprint density at radius 1 is 1.28 bits per heavy atom.